The molecular formula is C12H11F4NO3. The number of carboxylic acids is 1. The Morgan fingerprint density at radius 2 is 2.00 bits per heavy atom. The van der Waals surface area contributed by atoms with Gasteiger partial charge in [-0.15, -0.1) is 13.2 Å². The van der Waals surface area contributed by atoms with Gasteiger partial charge in [-0.1, -0.05) is 6.07 Å². The van der Waals surface area contributed by atoms with E-state index in [9.17, 15) is 22.4 Å². The van der Waals surface area contributed by atoms with Crippen LogP contribution in [0.2, 0.25) is 0 Å². The lowest BCUT2D eigenvalue weighted by molar-refractivity contribution is -0.275. The molecule has 1 aromatic rings. The number of rotatable bonds is 4. The molecular weight excluding hydrogens is 282 g/mol. The second-order valence-electron chi connectivity index (χ2n) is 4.37. The van der Waals surface area contributed by atoms with Crippen molar-refractivity contribution in [3.63, 3.8) is 0 Å². The molecule has 1 aliphatic rings. The monoisotopic (exact) mass is 293 g/mol. The van der Waals surface area contributed by atoms with Gasteiger partial charge < -0.3 is 9.84 Å². The summed E-state index contributed by atoms with van der Waals surface area (Å²) in [5.41, 5.74) is 0.0536. The summed E-state index contributed by atoms with van der Waals surface area (Å²) in [6, 6.07) is 1.60. The van der Waals surface area contributed by atoms with Crippen LogP contribution in [0.5, 0.6) is 5.75 Å². The molecule has 1 N–H and O–H groups in total. The van der Waals surface area contributed by atoms with E-state index in [-0.39, 0.29) is 5.56 Å². The van der Waals surface area contributed by atoms with Crippen LogP contribution in [0.15, 0.2) is 18.2 Å². The maximum atomic E-state index is 13.3. The molecule has 0 spiro atoms. The standard InChI is InChI=1S/C12H11F4NO3/c13-8-3-2-7(6-9(8)20-12(14,15)16)10(11(18)19)17-4-1-5-17/h2-3,6,10H,1,4-5H2,(H,18,19). The van der Waals surface area contributed by atoms with Gasteiger partial charge in [-0.05, 0) is 24.1 Å². The number of nitrogens with zero attached hydrogens (tertiary/aromatic N) is 1. The average molecular weight is 293 g/mol. The fraction of sp³-hybridized carbons (Fsp3) is 0.417. The van der Waals surface area contributed by atoms with Crippen LogP contribution in [0, 0.1) is 5.82 Å². The molecule has 0 saturated carbocycles. The Kier molecular flexibility index (Phi) is 3.85. The van der Waals surface area contributed by atoms with Gasteiger partial charge in [0, 0.05) is 13.1 Å². The minimum Gasteiger partial charge on any atom is -0.480 e. The van der Waals surface area contributed by atoms with Crippen molar-refractivity contribution in [2.75, 3.05) is 13.1 Å². The first kappa shape index (κ1) is 14.6. The lowest BCUT2D eigenvalue weighted by Gasteiger charge is -2.36. The highest BCUT2D eigenvalue weighted by Crippen LogP contribution is 2.32. The number of halogens is 4. The van der Waals surface area contributed by atoms with E-state index >= 15 is 0 Å². The van der Waals surface area contributed by atoms with Crippen molar-refractivity contribution in [1.29, 1.82) is 0 Å². The van der Waals surface area contributed by atoms with Crippen LogP contribution in [-0.2, 0) is 4.79 Å². The average Bonchev–Trinajstić information content (AvgIpc) is 2.24. The zero-order chi connectivity index (χ0) is 14.9. The first-order chi connectivity index (χ1) is 9.28. The van der Waals surface area contributed by atoms with Crippen molar-refractivity contribution in [2.45, 2.75) is 18.8 Å². The number of carbonyl (C=O) groups is 1. The van der Waals surface area contributed by atoms with Crippen LogP contribution in [0.25, 0.3) is 0 Å². The van der Waals surface area contributed by atoms with Gasteiger partial charge in [-0.2, -0.15) is 0 Å². The van der Waals surface area contributed by atoms with Crippen LogP contribution in [0.1, 0.15) is 18.0 Å². The number of aliphatic carboxylic acids is 1. The number of hydrogen-bond acceptors (Lipinski definition) is 3. The first-order valence-corrected chi connectivity index (χ1v) is 5.80. The van der Waals surface area contributed by atoms with Gasteiger partial charge in [0.05, 0.1) is 0 Å². The fourth-order valence-electron chi connectivity index (χ4n) is 2.00. The molecule has 0 amide bonds. The van der Waals surface area contributed by atoms with Crippen LogP contribution in [-0.4, -0.2) is 35.4 Å². The minimum absolute atomic E-state index is 0.0536. The quantitative estimate of drug-likeness (QED) is 0.867. The second-order valence-corrected chi connectivity index (χ2v) is 4.37. The molecule has 1 aliphatic heterocycles. The van der Waals surface area contributed by atoms with Crippen molar-refractivity contribution < 1.29 is 32.2 Å². The Balaban J connectivity index is 2.31. The molecule has 0 aromatic heterocycles. The number of carboxylic acid groups (broad SMARTS) is 1. The first-order valence-electron chi connectivity index (χ1n) is 5.80. The van der Waals surface area contributed by atoms with Crippen LogP contribution < -0.4 is 4.74 Å². The summed E-state index contributed by atoms with van der Waals surface area (Å²) < 4.78 is 53.2. The summed E-state index contributed by atoms with van der Waals surface area (Å²) in [5.74, 6) is -3.42. The Hall–Kier alpha value is -1.83. The summed E-state index contributed by atoms with van der Waals surface area (Å²) in [5, 5.41) is 9.16. The maximum Gasteiger partial charge on any atom is 0.573 e. The molecule has 0 bridgehead atoms. The number of hydrogen-bond donors (Lipinski definition) is 1. The van der Waals surface area contributed by atoms with Gasteiger partial charge in [0.25, 0.3) is 0 Å². The van der Waals surface area contributed by atoms with E-state index in [0.29, 0.717) is 13.1 Å². The van der Waals surface area contributed by atoms with E-state index < -0.39 is 29.9 Å². The molecule has 8 heteroatoms. The summed E-state index contributed by atoms with van der Waals surface area (Å²) in [4.78, 5) is 12.8. The normalized spacial score (nSPS) is 17.4. The third kappa shape index (κ3) is 3.19. The Bertz CT molecular complexity index is 514. The van der Waals surface area contributed by atoms with E-state index in [4.69, 9.17) is 5.11 Å². The van der Waals surface area contributed by atoms with Crippen molar-refractivity contribution >= 4 is 5.97 Å². The molecule has 1 fully saturated rings. The zero-order valence-electron chi connectivity index (χ0n) is 10.2. The number of likely N-dealkylation sites (tertiary alicyclic amines) is 1. The molecule has 0 radical (unpaired) electrons. The predicted octanol–water partition coefficient (Wildman–Crippen LogP) is 2.56. The largest absolute Gasteiger partial charge is 0.573 e. The van der Waals surface area contributed by atoms with Gasteiger partial charge >= 0.3 is 12.3 Å². The lowest BCUT2D eigenvalue weighted by atomic mass is 10.0. The molecule has 1 heterocycles. The molecule has 4 nitrogen and oxygen atoms in total. The molecule has 0 aliphatic carbocycles. The molecule has 1 aromatic carbocycles. The lowest BCUT2D eigenvalue weighted by Crippen LogP contribution is -2.43. The van der Waals surface area contributed by atoms with Crippen molar-refractivity contribution in [3.05, 3.63) is 29.6 Å². The predicted molar refractivity (Wildman–Crippen MR) is 59.6 cm³/mol. The van der Waals surface area contributed by atoms with Gasteiger partial charge in [0.15, 0.2) is 11.6 Å². The van der Waals surface area contributed by atoms with Gasteiger partial charge in [0.1, 0.15) is 6.04 Å². The summed E-state index contributed by atoms with van der Waals surface area (Å²) >= 11 is 0. The Labute approximate surface area is 111 Å². The molecule has 2 rings (SSSR count). The molecule has 1 atom stereocenters. The van der Waals surface area contributed by atoms with E-state index in [1.54, 1.807) is 4.90 Å². The molecule has 20 heavy (non-hydrogen) atoms. The zero-order valence-corrected chi connectivity index (χ0v) is 10.2. The highest BCUT2D eigenvalue weighted by molar-refractivity contribution is 5.76. The molecule has 1 saturated heterocycles. The van der Waals surface area contributed by atoms with Crippen LogP contribution >= 0.6 is 0 Å². The SMILES string of the molecule is O=C(O)C(c1ccc(F)c(OC(F)(F)F)c1)N1CCC1. The smallest absolute Gasteiger partial charge is 0.480 e. The van der Waals surface area contributed by atoms with Crippen LogP contribution in [0.4, 0.5) is 17.6 Å². The van der Waals surface area contributed by atoms with E-state index in [1.807, 2.05) is 0 Å². The third-order valence-corrected chi connectivity index (χ3v) is 2.99. The van der Waals surface area contributed by atoms with Crippen LogP contribution in [0.3, 0.4) is 0 Å². The van der Waals surface area contributed by atoms with E-state index in [0.717, 1.165) is 24.6 Å². The number of alkyl halides is 3. The van der Waals surface area contributed by atoms with E-state index in [1.165, 1.54) is 0 Å². The number of ether oxygens (including phenoxy) is 1. The highest BCUT2D eigenvalue weighted by Gasteiger charge is 2.35. The van der Waals surface area contributed by atoms with Crippen molar-refractivity contribution in [3.8, 4) is 5.75 Å². The van der Waals surface area contributed by atoms with Gasteiger partial charge in [0.2, 0.25) is 0 Å². The number of benzene rings is 1. The molecule has 110 valence electrons. The van der Waals surface area contributed by atoms with Crippen molar-refractivity contribution in [1.82, 2.24) is 4.90 Å². The maximum absolute atomic E-state index is 13.3. The second kappa shape index (κ2) is 5.28. The summed E-state index contributed by atoms with van der Waals surface area (Å²) in [6.07, 6.45) is -4.22. The van der Waals surface area contributed by atoms with Gasteiger partial charge in [-0.25, -0.2) is 4.39 Å². The summed E-state index contributed by atoms with van der Waals surface area (Å²) in [6.45, 7) is 1.06. The topological polar surface area (TPSA) is 49.8 Å². The Morgan fingerprint density at radius 3 is 2.45 bits per heavy atom. The highest BCUT2D eigenvalue weighted by atomic mass is 19.4. The summed E-state index contributed by atoms with van der Waals surface area (Å²) in [7, 11) is 0. The Morgan fingerprint density at radius 1 is 1.35 bits per heavy atom. The fourth-order valence-corrected chi connectivity index (χ4v) is 2.00. The van der Waals surface area contributed by atoms with E-state index in [2.05, 4.69) is 4.74 Å². The van der Waals surface area contributed by atoms with Gasteiger partial charge in [-0.3, -0.25) is 9.69 Å². The minimum atomic E-state index is -5.03. The van der Waals surface area contributed by atoms with Crippen molar-refractivity contribution in [2.24, 2.45) is 0 Å². The third-order valence-electron chi connectivity index (χ3n) is 2.99. The molecule has 1 unspecified atom stereocenters.